The molecule has 0 aliphatic heterocycles. The van der Waals surface area contributed by atoms with E-state index in [-0.39, 0.29) is 5.56 Å². The molecule has 0 saturated heterocycles. The van der Waals surface area contributed by atoms with E-state index in [1.54, 1.807) is 24.3 Å². The minimum atomic E-state index is -0.496. The summed E-state index contributed by atoms with van der Waals surface area (Å²) in [5, 5.41) is 4.12. The SMILES string of the molecule is CN(Cc1ccco1)c1[nH]c(=O)n(C)c(=O)c1/C=N/Nc1ccccc1. The zero-order valence-electron chi connectivity index (χ0n) is 14.5. The molecule has 0 atom stereocenters. The second-order valence-electron chi connectivity index (χ2n) is 5.73. The molecule has 0 radical (unpaired) electrons. The van der Waals surface area contributed by atoms with Crippen molar-refractivity contribution >= 4 is 17.7 Å². The largest absolute Gasteiger partial charge is 0.467 e. The van der Waals surface area contributed by atoms with E-state index in [4.69, 9.17) is 4.42 Å². The van der Waals surface area contributed by atoms with Crippen LogP contribution in [0.1, 0.15) is 11.3 Å². The Morgan fingerprint density at radius 3 is 2.69 bits per heavy atom. The van der Waals surface area contributed by atoms with Crippen molar-refractivity contribution in [3.05, 3.63) is 80.9 Å². The quantitative estimate of drug-likeness (QED) is 0.520. The molecule has 8 nitrogen and oxygen atoms in total. The minimum absolute atomic E-state index is 0.268. The molecule has 0 fully saturated rings. The van der Waals surface area contributed by atoms with E-state index in [1.807, 2.05) is 36.4 Å². The molecule has 0 aliphatic carbocycles. The molecule has 0 bridgehead atoms. The summed E-state index contributed by atoms with van der Waals surface area (Å²) in [5.41, 5.74) is 2.98. The van der Waals surface area contributed by atoms with E-state index >= 15 is 0 Å². The molecular formula is C18H19N5O3. The van der Waals surface area contributed by atoms with E-state index in [2.05, 4.69) is 15.5 Å². The van der Waals surface area contributed by atoms with Gasteiger partial charge in [-0.2, -0.15) is 5.10 Å². The fourth-order valence-electron chi connectivity index (χ4n) is 2.44. The van der Waals surface area contributed by atoms with Crippen LogP contribution in [0.15, 0.2) is 67.8 Å². The molecule has 0 aliphatic rings. The average molecular weight is 353 g/mol. The van der Waals surface area contributed by atoms with Gasteiger partial charge in [0.1, 0.15) is 17.1 Å². The molecule has 134 valence electrons. The summed E-state index contributed by atoms with van der Waals surface area (Å²) < 4.78 is 6.33. The second kappa shape index (κ2) is 7.56. The zero-order valence-corrected chi connectivity index (χ0v) is 14.5. The number of hydrogen-bond donors (Lipinski definition) is 2. The lowest BCUT2D eigenvalue weighted by atomic mass is 10.3. The van der Waals surface area contributed by atoms with E-state index in [9.17, 15) is 9.59 Å². The van der Waals surface area contributed by atoms with E-state index in [0.29, 0.717) is 18.1 Å². The molecule has 2 aromatic heterocycles. The summed E-state index contributed by atoms with van der Waals surface area (Å²) in [6.07, 6.45) is 2.97. The number of aromatic amines is 1. The Labute approximate surface area is 149 Å². The van der Waals surface area contributed by atoms with Gasteiger partial charge in [-0.25, -0.2) is 4.79 Å². The van der Waals surface area contributed by atoms with E-state index < -0.39 is 11.2 Å². The Morgan fingerprint density at radius 2 is 2.00 bits per heavy atom. The molecule has 2 heterocycles. The molecule has 2 N–H and O–H groups in total. The third-order valence-corrected chi connectivity index (χ3v) is 3.84. The number of anilines is 2. The molecule has 0 amide bonds. The first kappa shape index (κ1) is 17.3. The summed E-state index contributed by atoms with van der Waals surface area (Å²) in [7, 11) is 3.18. The fraction of sp³-hybridized carbons (Fsp3) is 0.167. The summed E-state index contributed by atoms with van der Waals surface area (Å²) in [6.45, 7) is 0.392. The minimum Gasteiger partial charge on any atom is -0.467 e. The summed E-state index contributed by atoms with van der Waals surface area (Å²) in [5.74, 6) is 1.08. The van der Waals surface area contributed by atoms with Gasteiger partial charge in [-0.05, 0) is 24.3 Å². The van der Waals surface area contributed by atoms with Crippen molar-refractivity contribution in [2.75, 3.05) is 17.4 Å². The smallest absolute Gasteiger partial charge is 0.329 e. The first-order valence-electron chi connectivity index (χ1n) is 7.97. The Balaban J connectivity index is 1.93. The van der Waals surface area contributed by atoms with Crippen LogP contribution in [0.4, 0.5) is 11.5 Å². The fourth-order valence-corrected chi connectivity index (χ4v) is 2.44. The molecular weight excluding hydrogens is 334 g/mol. The van der Waals surface area contributed by atoms with Crippen LogP contribution in [-0.4, -0.2) is 22.8 Å². The number of hydrogen-bond acceptors (Lipinski definition) is 6. The standard InChI is InChI=1S/C18H19N5O3/c1-22(12-14-9-6-10-26-14)16-15(17(24)23(2)18(25)20-16)11-19-21-13-7-4-3-5-8-13/h3-11,21H,12H2,1-2H3,(H,20,25)/b19-11+. The highest BCUT2D eigenvalue weighted by Gasteiger charge is 2.15. The Kier molecular flexibility index (Phi) is 5.02. The Hall–Kier alpha value is -3.55. The van der Waals surface area contributed by atoms with Crippen LogP contribution in [-0.2, 0) is 13.6 Å². The number of H-pyrrole nitrogens is 1. The van der Waals surface area contributed by atoms with Crippen molar-refractivity contribution in [3.8, 4) is 0 Å². The van der Waals surface area contributed by atoms with Gasteiger partial charge in [0, 0.05) is 14.1 Å². The summed E-state index contributed by atoms with van der Waals surface area (Å²) >= 11 is 0. The van der Waals surface area contributed by atoms with Crippen molar-refractivity contribution in [2.24, 2.45) is 12.1 Å². The van der Waals surface area contributed by atoms with Gasteiger partial charge in [-0.15, -0.1) is 0 Å². The maximum atomic E-state index is 12.5. The third-order valence-electron chi connectivity index (χ3n) is 3.84. The van der Waals surface area contributed by atoms with Gasteiger partial charge >= 0.3 is 5.69 Å². The van der Waals surface area contributed by atoms with Crippen LogP contribution in [0.2, 0.25) is 0 Å². The van der Waals surface area contributed by atoms with E-state index in [0.717, 1.165) is 10.3 Å². The number of para-hydroxylation sites is 1. The van der Waals surface area contributed by atoms with Gasteiger partial charge < -0.3 is 9.32 Å². The maximum Gasteiger partial charge on any atom is 0.329 e. The number of nitrogens with one attached hydrogen (secondary N) is 2. The van der Waals surface area contributed by atoms with Gasteiger partial charge in [0.2, 0.25) is 0 Å². The summed E-state index contributed by atoms with van der Waals surface area (Å²) in [4.78, 5) is 29.0. The zero-order chi connectivity index (χ0) is 18.5. The van der Waals surface area contributed by atoms with Crippen LogP contribution in [0.25, 0.3) is 0 Å². The number of nitrogens with zero attached hydrogens (tertiary/aromatic N) is 3. The number of rotatable bonds is 6. The Bertz CT molecular complexity index is 1000. The summed E-state index contributed by atoms with van der Waals surface area (Å²) in [6, 6.07) is 13.0. The van der Waals surface area contributed by atoms with Crippen molar-refractivity contribution in [1.29, 1.82) is 0 Å². The number of benzene rings is 1. The van der Waals surface area contributed by atoms with Crippen LogP contribution >= 0.6 is 0 Å². The monoisotopic (exact) mass is 353 g/mol. The first-order valence-corrected chi connectivity index (χ1v) is 7.97. The first-order chi connectivity index (χ1) is 12.6. The molecule has 3 aromatic rings. The normalized spacial score (nSPS) is 11.0. The molecule has 3 rings (SSSR count). The molecule has 1 aromatic carbocycles. The third kappa shape index (κ3) is 3.75. The van der Waals surface area contributed by atoms with Gasteiger partial charge in [-0.3, -0.25) is 19.8 Å². The highest BCUT2D eigenvalue weighted by Crippen LogP contribution is 2.14. The molecule has 8 heteroatoms. The molecule has 26 heavy (non-hydrogen) atoms. The van der Waals surface area contributed by atoms with Gasteiger partial charge in [0.15, 0.2) is 0 Å². The van der Waals surface area contributed by atoms with Gasteiger partial charge in [-0.1, -0.05) is 18.2 Å². The van der Waals surface area contributed by atoms with Crippen molar-refractivity contribution in [3.63, 3.8) is 0 Å². The van der Waals surface area contributed by atoms with Crippen LogP contribution in [0, 0.1) is 0 Å². The lowest BCUT2D eigenvalue weighted by Crippen LogP contribution is -2.38. The molecule has 0 unspecified atom stereocenters. The highest BCUT2D eigenvalue weighted by atomic mass is 16.3. The molecule has 0 spiro atoms. The van der Waals surface area contributed by atoms with Crippen LogP contribution < -0.4 is 21.6 Å². The lowest BCUT2D eigenvalue weighted by molar-refractivity contribution is 0.506. The number of hydrazone groups is 1. The van der Waals surface area contributed by atoms with Crippen molar-refractivity contribution in [1.82, 2.24) is 9.55 Å². The highest BCUT2D eigenvalue weighted by molar-refractivity contribution is 5.86. The number of furan rings is 1. The lowest BCUT2D eigenvalue weighted by Gasteiger charge is -2.19. The van der Waals surface area contributed by atoms with Gasteiger partial charge in [0.05, 0.1) is 24.7 Å². The van der Waals surface area contributed by atoms with Crippen LogP contribution in [0.3, 0.4) is 0 Å². The van der Waals surface area contributed by atoms with Crippen molar-refractivity contribution < 1.29 is 4.42 Å². The second-order valence-corrected chi connectivity index (χ2v) is 5.73. The molecule has 0 saturated carbocycles. The number of aromatic nitrogens is 2. The van der Waals surface area contributed by atoms with Crippen LogP contribution in [0.5, 0.6) is 0 Å². The van der Waals surface area contributed by atoms with Crippen molar-refractivity contribution in [2.45, 2.75) is 6.54 Å². The maximum absolute atomic E-state index is 12.5. The average Bonchev–Trinajstić information content (AvgIpc) is 3.15. The van der Waals surface area contributed by atoms with Gasteiger partial charge in [0.25, 0.3) is 5.56 Å². The predicted octanol–water partition coefficient (Wildman–Crippen LogP) is 1.75. The Morgan fingerprint density at radius 1 is 1.23 bits per heavy atom. The predicted molar refractivity (Wildman–Crippen MR) is 101 cm³/mol. The topological polar surface area (TPSA) is 95.6 Å². The van der Waals surface area contributed by atoms with E-state index in [1.165, 1.54) is 13.3 Å².